The van der Waals surface area contributed by atoms with Gasteiger partial charge in [-0.15, -0.1) is 0 Å². The molecule has 0 bridgehead atoms. The molecule has 0 aliphatic heterocycles. The van der Waals surface area contributed by atoms with Gasteiger partial charge >= 0.3 is 0 Å². The van der Waals surface area contributed by atoms with E-state index in [1.165, 1.54) is 0 Å². The number of nitrogen functional groups attached to an aromatic ring is 1. The van der Waals surface area contributed by atoms with Gasteiger partial charge in [0.05, 0.1) is 5.56 Å². The van der Waals surface area contributed by atoms with Crippen LogP contribution in [0.2, 0.25) is 0 Å². The highest BCUT2D eigenvalue weighted by Gasteiger charge is 2.11. The quantitative estimate of drug-likeness (QED) is 0.473. The monoisotopic (exact) mass is 414 g/mol. The molecule has 3 aromatic rings. The average molecular weight is 415 g/mol. The lowest BCUT2D eigenvalue weighted by Gasteiger charge is -1.99. The molecular weight excluding hydrogens is 407 g/mol. The Morgan fingerprint density at radius 3 is 2.83 bits per heavy atom. The molecule has 0 fully saturated rings. The molecule has 1 heterocycles. The zero-order chi connectivity index (χ0) is 12.7. The zero-order valence-corrected chi connectivity index (χ0v) is 12.9. The summed E-state index contributed by atoms with van der Waals surface area (Å²) in [5.74, 6) is 0.598. The molecule has 2 N–H and O–H groups in total. The summed E-state index contributed by atoms with van der Waals surface area (Å²) >= 11 is 5.77. The van der Waals surface area contributed by atoms with Gasteiger partial charge in [0.15, 0.2) is 5.58 Å². The fraction of sp³-hybridized carbons (Fsp3) is 0. The molecule has 2 aromatic carbocycles. The van der Waals surface area contributed by atoms with Crippen molar-refractivity contribution in [1.82, 2.24) is 4.98 Å². The van der Waals surface area contributed by atoms with Gasteiger partial charge < -0.3 is 10.2 Å². The van der Waals surface area contributed by atoms with Crippen molar-refractivity contribution in [1.29, 1.82) is 0 Å². The van der Waals surface area contributed by atoms with Crippen LogP contribution in [0.15, 0.2) is 45.3 Å². The molecule has 0 spiro atoms. The number of fused-ring (bicyclic) bond motifs is 1. The molecule has 0 saturated heterocycles. The SMILES string of the molecule is Nc1ccc2nc(-c3cc(I)ccc3Br)oc2c1. The highest BCUT2D eigenvalue weighted by Crippen LogP contribution is 2.31. The number of rotatable bonds is 1. The second-order valence-corrected chi connectivity index (χ2v) is 5.97. The molecule has 0 aliphatic carbocycles. The van der Waals surface area contributed by atoms with Crippen LogP contribution in [-0.2, 0) is 0 Å². The molecule has 0 atom stereocenters. The first-order chi connectivity index (χ1) is 8.63. The Balaban J connectivity index is 2.22. The smallest absolute Gasteiger partial charge is 0.228 e. The maximum atomic E-state index is 5.75. The molecule has 3 rings (SSSR count). The molecule has 0 amide bonds. The lowest BCUT2D eigenvalue weighted by molar-refractivity contribution is 0.619. The van der Waals surface area contributed by atoms with Crippen LogP contribution in [0.4, 0.5) is 5.69 Å². The Morgan fingerprint density at radius 2 is 2.00 bits per heavy atom. The largest absolute Gasteiger partial charge is 0.436 e. The van der Waals surface area contributed by atoms with Gasteiger partial charge in [0.2, 0.25) is 5.89 Å². The summed E-state index contributed by atoms with van der Waals surface area (Å²) in [5, 5.41) is 0. The summed E-state index contributed by atoms with van der Waals surface area (Å²) < 4.78 is 7.84. The van der Waals surface area contributed by atoms with Gasteiger partial charge in [0.25, 0.3) is 0 Å². The number of halogens is 2. The number of nitrogens with zero attached hydrogens (tertiary/aromatic N) is 1. The topological polar surface area (TPSA) is 52.0 Å². The molecule has 3 nitrogen and oxygen atoms in total. The van der Waals surface area contributed by atoms with E-state index in [0.717, 1.165) is 19.1 Å². The lowest BCUT2D eigenvalue weighted by Crippen LogP contribution is -1.82. The first-order valence-corrected chi connectivity index (χ1v) is 7.12. The van der Waals surface area contributed by atoms with Crippen molar-refractivity contribution in [2.45, 2.75) is 0 Å². The molecule has 0 aliphatic rings. The Morgan fingerprint density at radius 1 is 1.17 bits per heavy atom. The fourth-order valence-electron chi connectivity index (χ4n) is 1.72. The van der Waals surface area contributed by atoms with E-state index in [9.17, 15) is 0 Å². The number of hydrogen-bond donors (Lipinski definition) is 1. The van der Waals surface area contributed by atoms with Crippen LogP contribution in [0.25, 0.3) is 22.6 Å². The minimum Gasteiger partial charge on any atom is -0.436 e. The first kappa shape index (κ1) is 12.0. The van der Waals surface area contributed by atoms with E-state index in [1.807, 2.05) is 30.3 Å². The molecule has 0 unspecified atom stereocenters. The summed E-state index contributed by atoms with van der Waals surface area (Å²) in [5.41, 5.74) is 8.86. The molecule has 5 heteroatoms. The maximum absolute atomic E-state index is 5.75. The van der Waals surface area contributed by atoms with Crippen molar-refractivity contribution in [3.8, 4) is 11.5 Å². The number of benzene rings is 2. The van der Waals surface area contributed by atoms with Crippen molar-refractivity contribution in [2.75, 3.05) is 5.73 Å². The number of nitrogens with two attached hydrogens (primary N) is 1. The standard InChI is InChI=1S/C13H8BrIN2O/c14-10-3-1-7(15)5-9(10)13-17-11-4-2-8(16)6-12(11)18-13/h1-6H,16H2. The lowest BCUT2D eigenvalue weighted by atomic mass is 10.2. The second-order valence-electron chi connectivity index (χ2n) is 3.87. The van der Waals surface area contributed by atoms with Gasteiger partial charge in [-0.05, 0) is 68.9 Å². The number of anilines is 1. The van der Waals surface area contributed by atoms with Crippen LogP contribution in [0.3, 0.4) is 0 Å². The van der Waals surface area contributed by atoms with Crippen molar-refractivity contribution in [3.63, 3.8) is 0 Å². The van der Waals surface area contributed by atoms with Crippen molar-refractivity contribution in [2.24, 2.45) is 0 Å². The number of aromatic nitrogens is 1. The summed E-state index contributed by atoms with van der Waals surface area (Å²) in [6.45, 7) is 0. The Bertz CT molecular complexity index is 739. The van der Waals surface area contributed by atoms with Gasteiger partial charge in [-0.1, -0.05) is 0 Å². The average Bonchev–Trinajstić information content (AvgIpc) is 2.74. The van der Waals surface area contributed by atoms with Gasteiger partial charge in [-0.3, -0.25) is 0 Å². The van der Waals surface area contributed by atoms with Crippen LogP contribution < -0.4 is 5.73 Å². The molecule has 0 saturated carbocycles. The number of oxazole rings is 1. The Hall–Kier alpha value is -1.08. The summed E-state index contributed by atoms with van der Waals surface area (Å²) in [7, 11) is 0. The second kappa shape index (κ2) is 4.55. The summed E-state index contributed by atoms with van der Waals surface area (Å²) in [4.78, 5) is 4.47. The van der Waals surface area contributed by atoms with Crippen molar-refractivity contribution in [3.05, 3.63) is 44.4 Å². The van der Waals surface area contributed by atoms with Crippen LogP contribution in [0.1, 0.15) is 0 Å². The molecule has 18 heavy (non-hydrogen) atoms. The molecule has 0 radical (unpaired) electrons. The Labute approximate surface area is 126 Å². The van der Waals surface area contributed by atoms with E-state index in [2.05, 4.69) is 43.5 Å². The first-order valence-electron chi connectivity index (χ1n) is 5.25. The molecule has 1 aromatic heterocycles. The van der Waals surface area contributed by atoms with Crippen LogP contribution in [-0.4, -0.2) is 4.98 Å². The van der Waals surface area contributed by atoms with E-state index >= 15 is 0 Å². The third-order valence-corrected chi connectivity index (χ3v) is 3.93. The highest BCUT2D eigenvalue weighted by atomic mass is 127. The normalized spacial score (nSPS) is 11.0. The zero-order valence-electron chi connectivity index (χ0n) is 9.15. The minimum absolute atomic E-state index is 0.598. The van der Waals surface area contributed by atoms with Crippen LogP contribution in [0, 0.1) is 3.57 Å². The minimum atomic E-state index is 0.598. The summed E-state index contributed by atoms with van der Waals surface area (Å²) in [6.07, 6.45) is 0. The third-order valence-electron chi connectivity index (χ3n) is 2.57. The van der Waals surface area contributed by atoms with Gasteiger partial charge in [0, 0.05) is 19.8 Å². The van der Waals surface area contributed by atoms with Gasteiger partial charge in [0.1, 0.15) is 5.52 Å². The van der Waals surface area contributed by atoms with E-state index in [4.69, 9.17) is 10.2 Å². The van der Waals surface area contributed by atoms with Crippen molar-refractivity contribution < 1.29 is 4.42 Å². The van der Waals surface area contributed by atoms with E-state index < -0.39 is 0 Å². The maximum Gasteiger partial charge on any atom is 0.228 e. The summed E-state index contributed by atoms with van der Waals surface area (Å²) in [6, 6.07) is 11.5. The van der Waals surface area contributed by atoms with E-state index in [0.29, 0.717) is 17.2 Å². The van der Waals surface area contributed by atoms with Crippen LogP contribution in [0.5, 0.6) is 0 Å². The predicted molar refractivity (Wildman–Crippen MR) is 84.3 cm³/mol. The Kier molecular flexibility index (Phi) is 3.03. The van der Waals surface area contributed by atoms with Gasteiger partial charge in [-0.2, -0.15) is 0 Å². The molecule has 90 valence electrons. The number of hydrogen-bond acceptors (Lipinski definition) is 3. The van der Waals surface area contributed by atoms with Crippen LogP contribution >= 0.6 is 38.5 Å². The van der Waals surface area contributed by atoms with Gasteiger partial charge in [-0.25, -0.2) is 4.98 Å². The van der Waals surface area contributed by atoms with E-state index in [1.54, 1.807) is 6.07 Å². The third kappa shape index (κ3) is 2.12. The van der Waals surface area contributed by atoms with E-state index in [-0.39, 0.29) is 0 Å². The predicted octanol–water partition coefficient (Wildman–Crippen LogP) is 4.44. The fourth-order valence-corrected chi connectivity index (χ4v) is 2.63. The molecular formula is C13H8BrIN2O. The highest BCUT2D eigenvalue weighted by molar-refractivity contribution is 14.1. The van der Waals surface area contributed by atoms with Crippen molar-refractivity contribution >= 4 is 55.3 Å².